The zero-order valence-corrected chi connectivity index (χ0v) is 21.5. The van der Waals surface area contributed by atoms with Crippen LogP contribution in [-0.2, 0) is 22.7 Å². The van der Waals surface area contributed by atoms with Crippen LogP contribution >= 0.6 is 0 Å². The van der Waals surface area contributed by atoms with Crippen LogP contribution in [0.25, 0.3) is 0 Å². The number of rotatable bonds is 13. The van der Waals surface area contributed by atoms with Crippen LogP contribution in [0.1, 0.15) is 99.6 Å². The molecule has 0 aliphatic rings. The highest BCUT2D eigenvalue weighted by molar-refractivity contribution is 5.75. The van der Waals surface area contributed by atoms with Crippen LogP contribution < -0.4 is 5.32 Å². The van der Waals surface area contributed by atoms with Gasteiger partial charge in [0.15, 0.2) is 0 Å². The van der Waals surface area contributed by atoms with Crippen molar-refractivity contribution < 1.29 is 9.53 Å². The van der Waals surface area contributed by atoms with E-state index in [4.69, 9.17) is 4.74 Å². The Morgan fingerprint density at radius 1 is 1.03 bits per heavy atom. The molecule has 0 atom stereocenters. The topological polar surface area (TPSA) is 72.3 Å². The summed E-state index contributed by atoms with van der Waals surface area (Å²) in [5.41, 5.74) is 1.25. The Morgan fingerprint density at radius 3 is 2.29 bits per heavy atom. The van der Waals surface area contributed by atoms with Crippen LogP contribution in [0.4, 0.5) is 0 Å². The average molecular weight is 438 g/mol. The number of hydrogen-bond acceptors (Lipinski definition) is 5. The molecule has 0 bridgehead atoms. The Bertz CT molecular complexity index is 656. The van der Waals surface area contributed by atoms with Gasteiger partial charge in [-0.15, -0.1) is 5.10 Å². The number of amides is 1. The molecule has 1 aromatic heterocycles. The Kier molecular flexibility index (Phi) is 10.6. The van der Waals surface area contributed by atoms with E-state index in [1.165, 1.54) is 0 Å². The fourth-order valence-corrected chi connectivity index (χ4v) is 3.03. The molecule has 1 N–H and O–H groups in total. The van der Waals surface area contributed by atoms with Gasteiger partial charge in [-0.1, -0.05) is 53.2 Å². The van der Waals surface area contributed by atoms with Gasteiger partial charge in [0.25, 0.3) is 0 Å². The molecule has 0 saturated carbocycles. The number of carbonyl (C=O) groups excluding carboxylic acids is 1. The SMILES string of the molecule is CN(COC(C)(C)CCC(C)(C)C)Cn1cc(CNC(=O)CCCCC(C)(C)C)nn1. The fraction of sp³-hybridized carbons (Fsp3) is 0.875. The lowest BCUT2D eigenvalue weighted by atomic mass is 9.86. The van der Waals surface area contributed by atoms with Gasteiger partial charge in [0.05, 0.1) is 25.0 Å². The van der Waals surface area contributed by atoms with Gasteiger partial charge in [0.1, 0.15) is 12.4 Å². The molecule has 7 nitrogen and oxygen atoms in total. The number of nitrogens with zero attached hydrogens (tertiary/aromatic N) is 4. The van der Waals surface area contributed by atoms with Crippen LogP contribution in [0.2, 0.25) is 0 Å². The van der Waals surface area contributed by atoms with Crippen molar-refractivity contribution in [3.05, 3.63) is 11.9 Å². The monoisotopic (exact) mass is 437 g/mol. The largest absolute Gasteiger partial charge is 0.360 e. The van der Waals surface area contributed by atoms with Crippen LogP contribution in [0.3, 0.4) is 0 Å². The molecular weight excluding hydrogens is 390 g/mol. The second kappa shape index (κ2) is 12.0. The molecule has 1 aromatic rings. The highest BCUT2D eigenvalue weighted by Crippen LogP contribution is 2.27. The molecule has 0 fully saturated rings. The predicted octanol–water partition coefficient (Wildman–Crippen LogP) is 4.97. The van der Waals surface area contributed by atoms with Crippen molar-refractivity contribution in [2.75, 3.05) is 13.8 Å². The van der Waals surface area contributed by atoms with E-state index in [0.717, 1.165) is 37.8 Å². The zero-order valence-electron chi connectivity index (χ0n) is 21.5. The lowest BCUT2D eigenvalue weighted by Gasteiger charge is -2.31. The first-order valence-electron chi connectivity index (χ1n) is 11.6. The van der Waals surface area contributed by atoms with Crippen molar-refractivity contribution in [2.45, 2.75) is 113 Å². The van der Waals surface area contributed by atoms with Gasteiger partial charge in [-0.05, 0) is 57.4 Å². The van der Waals surface area contributed by atoms with Gasteiger partial charge in [-0.2, -0.15) is 0 Å². The minimum absolute atomic E-state index is 0.0754. The summed E-state index contributed by atoms with van der Waals surface area (Å²) in [6.07, 6.45) is 7.73. The van der Waals surface area contributed by atoms with Crippen molar-refractivity contribution in [3.63, 3.8) is 0 Å². The van der Waals surface area contributed by atoms with E-state index in [0.29, 0.717) is 37.2 Å². The summed E-state index contributed by atoms with van der Waals surface area (Å²) in [6.45, 7) is 19.3. The zero-order chi connectivity index (χ0) is 23.7. The summed E-state index contributed by atoms with van der Waals surface area (Å²) in [5.74, 6) is 0.0754. The minimum Gasteiger partial charge on any atom is -0.360 e. The van der Waals surface area contributed by atoms with E-state index < -0.39 is 0 Å². The van der Waals surface area contributed by atoms with Crippen molar-refractivity contribution in [1.82, 2.24) is 25.2 Å². The molecule has 0 spiro atoms. The van der Waals surface area contributed by atoms with Gasteiger partial charge in [0, 0.05) is 6.42 Å². The van der Waals surface area contributed by atoms with Crippen LogP contribution in [0.15, 0.2) is 6.20 Å². The highest BCUT2D eigenvalue weighted by atomic mass is 16.5. The summed E-state index contributed by atoms with van der Waals surface area (Å²) in [6, 6.07) is 0. The quantitative estimate of drug-likeness (QED) is 0.348. The van der Waals surface area contributed by atoms with E-state index in [1.807, 2.05) is 13.2 Å². The van der Waals surface area contributed by atoms with E-state index >= 15 is 0 Å². The predicted molar refractivity (Wildman–Crippen MR) is 126 cm³/mol. The third-order valence-electron chi connectivity index (χ3n) is 5.17. The van der Waals surface area contributed by atoms with Gasteiger partial charge in [-0.3, -0.25) is 9.69 Å². The minimum atomic E-state index is -0.160. The molecule has 0 saturated heterocycles. The van der Waals surface area contributed by atoms with E-state index in [2.05, 4.69) is 75.9 Å². The molecule has 1 rings (SSSR count). The fourth-order valence-electron chi connectivity index (χ4n) is 3.03. The maximum absolute atomic E-state index is 12.0. The molecular formula is C24H47N5O2. The first-order valence-corrected chi connectivity index (χ1v) is 11.6. The number of carbonyl (C=O) groups is 1. The Hall–Kier alpha value is -1.47. The molecule has 31 heavy (non-hydrogen) atoms. The van der Waals surface area contributed by atoms with Crippen molar-refractivity contribution >= 4 is 5.91 Å². The first-order chi connectivity index (χ1) is 14.2. The maximum Gasteiger partial charge on any atom is 0.220 e. The third-order valence-corrected chi connectivity index (χ3v) is 5.17. The summed E-state index contributed by atoms with van der Waals surface area (Å²) >= 11 is 0. The molecule has 0 radical (unpaired) electrons. The van der Waals surface area contributed by atoms with Crippen molar-refractivity contribution in [1.29, 1.82) is 0 Å². The average Bonchev–Trinajstić information content (AvgIpc) is 3.06. The molecule has 0 aliphatic carbocycles. The van der Waals surface area contributed by atoms with Crippen LogP contribution in [-0.4, -0.2) is 45.2 Å². The molecule has 7 heteroatoms. The van der Waals surface area contributed by atoms with Gasteiger partial charge < -0.3 is 10.1 Å². The Morgan fingerprint density at radius 2 is 1.68 bits per heavy atom. The lowest BCUT2D eigenvalue weighted by molar-refractivity contribution is -0.121. The third kappa shape index (κ3) is 14.3. The summed E-state index contributed by atoms with van der Waals surface area (Å²) in [4.78, 5) is 14.1. The molecule has 1 amide bonds. The van der Waals surface area contributed by atoms with Crippen LogP contribution in [0.5, 0.6) is 0 Å². The molecule has 180 valence electrons. The molecule has 0 aromatic carbocycles. The standard InChI is InChI=1S/C24H47N5O2/c1-22(2,3)13-11-10-12-21(30)25-16-20-17-29(27-26-20)18-28(9)19-31-24(7,8)15-14-23(4,5)6/h17H,10-16,18-19H2,1-9H3,(H,25,30). The summed E-state index contributed by atoms with van der Waals surface area (Å²) in [5, 5.41) is 11.3. The normalized spacial score (nSPS) is 13.1. The second-order valence-corrected chi connectivity index (χ2v) is 11.9. The van der Waals surface area contributed by atoms with E-state index in [-0.39, 0.29) is 11.5 Å². The maximum atomic E-state index is 12.0. The van der Waals surface area contributed by atoms with Gasteiger partial charge in [-0.25, -0.2) is 4.68 Å². The lowest BCUT2D eigenvalue weighted by Crippen LogP contribution is -2.33. The first kappa shape index (κ1) is 27.6. The van der Waals surface area contributed by atoms with Gasteiger partial charge >= 0.3 is 0 Å². The van der Waals surface area contributed by atoms with Crippen molar-refractivity contribution in [2.24, 2.45) is 10.8 Å². The number of ether oxygens (including phenoxy) is 1. The number of hydrogen-bond donors (Lipinski definition) is 1. The molecule has 0 aliphatic heterocycles. The summed E-state index contributed by atoms with van der Waals surface area (Å²) < 4.78 is 7.89. The molecule has 1 heterocycles. The summed E-state index contributed by atoms with van der Waals surface area (Å²) in [7, 11) is 2.00. The highest BCUT2D eigenvalue weighted by Gasteiger charge is 2.22. The van der Waals surface area contributed by atoms with Crippen LogP contribution in [0, 0.1) is 10.8 Å². The van der Waals surface area contributed by atoms with E-state index in [1.54, 1.807) is 4.68 Å². The Labute approximate surface area is 190 Å². The van der Waals surface area contributed by atoms with Crippen molar-refractivity contribution in [3.8, 4) is 0 Å². The second-order valence-electron chi connectivity index (χ2n) is 11.9. The van der Waals surface area contributed by atoms with E-state index in [9.17, 15) is 4.79 Å². The number of aromatic nitrogens is 3. The number of unbranched alkanes of at least 4 members (excludes halogenated alkanes) is 1. The Balaban J connectivity index is 2.30. The van der Waals surface area contributed by atoms with Gasteiger partial charge in [0.2, 0.25) is 5.91 Å². The molecule has 0 unspecified atom stereocenters. The smallest absolute Gasteiger partial charge is 0.220 e. The number of nitrogens with one attached hydrogen (secondary N) is 1.